The van der Waals surface area contributed by atoms with Crippen LogP contribution >= 0.6 is 0 Å². The molecule has 0 aliphatic carbocycles. The van der Waals surface area contributed by atoms with E-state index in [2.05, 4.69) is 19.9 Å². The third-order valence-electron chi connectivity index (χ3n) is 10.6. The van der Waals surface area contributed by atoms with Crippen LogP contribution in [-0.2, 0) is 59.5 Å². The number of carboxylic acid groups (broad SMARTS) is 4. The smallest absolute Gasteiger partial charge is 0.550 e. The molecule has 0 saturated heterocycles. The van der Waals surface area contributed by atoms with Crippen molar-refractivity contribution in [3.8, 4) is 0 Å². The number of benzene rings is 6. The zero-order valence-corrected chi connectivity index (χ0v) is 47.7. The molecular formula is C56H46N8O12Zn2+2. The molecule has 12 rings (SSSR count). The number of carboxylic acids is 4. The molecule has 6 aromatic carbocycles. The molecule has 10 N–H and O–H groups in total. The second kappa shape index (κ2) is 29.8. The minimum atomic E-state index is -1.21. The summed E-state index contributed by atoms with van der Waals surface area (Å²) in [7, 11) is 0. The number of pyridine rings is 4. The number of nitrogens with zero attached hydrogens (tertiary/aromatic N) is 8. The number of rotatable bonds is 4. The first-order valence-corrected chi connectivity index (χ1v) is 21.9. The summed E-state index contributed by atoms with van der Waals surface area (Å²) >= 11 is 0. The van der Waals surface area contributed by atoms with Crippen molar-refractivity contribution in [2.24, 2.45) is 0 Å². The van der Waals surface area contributed by atoms with Crippen LogP contribution in [0.25, 0.3) is 99.9 Å². The number of aliphatic carboxylic acids is 2. The molecule has 6 aromatic heterocycles. The number of hydrogen-bond donors (Lipinski definition) is 0. The fourth-order valence-electron chi connectivity index (χ4n) is 7.54. The van der Waals surface area contributed by atoms with Crippen molar-refractivity contribution >= 4 is 124 Å². The van der Waals surface area contributed by atoms with Gasteiger partial charge in [0.1, 0.15) is 0 Å². The molecule has 0 fully saturated rings. The molecule has 22 heteroatoms. The van der Waals surface area contributed by atoms with Gasteiger partial charge in [0.05, 0.1) is 78.1 Å². The number of aromatic nitrogens is 8. The van der Waals surface area contributed by atoms with Gasteiger partial charge in [0.2, 0.25) is 0 Å². The van der Waals surface area contributed by atoms with Gasteiger partial charge in [0.25, 0.3) is 0 Å². The Morgan fingerprint density at radius 1 is 0.346 bits per heavy atom. The van der Waals surface area contributed by atoms with Crippen molar-refractivity contribution < 1.29 is 100 Å². The Kier molecular flexibility index (Phi) is 24.8. The van der Waals surface area contributed by atoms with Crippen LogP contribution in [0.4, 0.5) is 0 Å². The first-order chi connectivity index (χ1) is 34.9. The molecule has 0 aliphatic rings. The van der Waals surface area contributed by atoms with Gasteiger partial charge >= 0.3 is 39.0 Å². The van der Waals surface area contributed by atoms with Gasteiger partial charge in [-0.1, -0.05) is 84.9 Å². The summed E-state index contributed by atoms with van der Waals surface area (Å²) in [5.41, 5.74) is 12.5. The molecule has 0 unspecified atom stereocenters. The second-order valence-electron chi connectivity index (χ2n) is 15.6. The van der Waals surface area contributed by atoms with Crippen molar-refractivity contribution in [1.82, 2.24) is 39.9 Å². The molecule has 0 amide bonds. The number of carbonyl (C=O) groups is 4. The molecule has 0 spiro atoms. The molecule has 384 valence electrons. The van der Waals surface area contributed by atoms with Crippen LogP contribution in [0.5, 0.6) is 0 Å². The van der Waals surface area contributed by atoms with Crippen LogP contribution in [0.1, 0.15) is 45.7 Å². The summed E-state index contributed by atoms with van der Waals surface area (Å²) in [6, 6.07) is 44.2. The SMILES string of the molecule is CC(=O)[O-].CC(=O)[O-].O.O.O=C([O-])c1ccc(/C=C/c2ccc(C(=O)[O-])cc2)cc1.[OH3+].[OH3+].[Zn+2].[Zn+2].c1ccc2nc3c4cccnc4c4ncccc4c3nc2c1.c1ccc2nc3c4cccnc4c4ncccc4c3nc2c1. The largest absolute Gasteiger partial charge is 2.00 e. The molecule has 0 bridgehead atoms. The maximum Gasteiger partial charge on any atom is 2.00 e. The Hall–Kier alpha value is -9.13. The third kappa shape index (κ3) is 15.3. The zero-order chi connectivity index (χ0) is 50.7. The molecular weight excluding hydrogens is 1110 g/mol. The summed E-state index contributed by atoms with van der Waals surface area (Å²) in [4.78, 5) is 76.3. The van der Waals surface area contributed by atoms with Crippen LogP contribution in [0, 0.1) is 0 Å². The molecule has 0 radical (unpaired) electrons. The Labute approximate surface area is 468 Å². The summed E-state index contributed by atoms with van der Waals surface area (Å²) in [5.74, 6) is -4.59. The van der Waals surface area contributed by atoms with Gasteiger partial charge in [-0.15, -0.1) is 0 Å². The molecule has 0 saturated carbocycles. The van der Waals surface area contributed by atoms with E-state index in [0.717, 1.165) is 113 Å². The second-order valence-corrected chi connectivity index (χ2v) is 15.6. The van der Waals surface area contributed by atoms with Crippen LogP contribution < -0.4 is 20.4 Å². The van der Waals surface area contributed by atoms with E-state index in [1.165, 1.54) is 24.3 Å². The Bertz CT molecular complexity index is 3610. The van der Waals surface area contributed by atoms with E-state index in [4.69, 9.17) is 39.7 Å². The van der Waals surface area contributed by atoms with Crippen molar-refractivity contribution in [3.63, 3.8) is 0 Å². The van der Waals surface area contributed by atoms with E-state index >= 15 is 0 Å². The average molecular weight is 1150 g/mol. The number of fused-ring (bicyclic) bond motifs is 14. The van der Waals surface area contributed by atoms with Gasteiger partial charge in [-0.05, 0) is 109 Å². The maximum atomic E-state index is 10.6. The molecule has 78 heavy (non-hydrogen) atoms. The van der Waals surface area contributed by atoms with Crippen molar-refractivity contribution in [3.05, 3.63) is 193 Å². The van der Waals surface area contributed by atoms with Crippen molar-refractivity contribution in [2.45, 2.75) is 13.8 Å². The van der Waals surface area contributed by atoms with E-state index in [-0.39, 0.29) is 72.0 Å². The summed E-state index contributed by atoms with van der Waals surface area (Å²) in [6.07, 6.45) is 10.8. The van der Waals surface area contributed by atoms with Gasteiger partial charge in [-0.25, -0.2) is 19.9 Å². The molecule has 0 aliphatic heterocycles. The standard InChI is InChI=1S/2C18H10N4.C16H12O4.2C2H4O2.4H2O.2Zn/c2*1-2-8-14-13(7-1)21-17-11-5-3-9-19-15(11)16-12(18(17)22-14)6-4-10-20-16;17-15(18)13-7-3-11(4-8-13)1-2-12-5-9-14(10-6-12)16(19)20;2*1-2(3)4;;;;;;/h2*1-10H;1-10H,(H,17,18)(H,19,20);2*1H3,(H,3,4);4*1H2;;/q;;;;;;;;;2*+2/p-2/b;;2-1+;;;;;;;;. The quantitative estimate of drug-likeness (QED) is 0.0802. The first-order valence-electron chi connectivity index (χ1n) is 21.9. The number of hydrogen-bond acceptors (Lipinski definition) is 16. The van der Waals surface area contributed by atoms with E-state index in [1.807, 2.05) is 97.1 Å². The number of para-hydroxylation sites is 4. The fourth-order valence-corrected chi connectivity index (χ4v) is 7.54. The zero-order valence-electron chi connectivity index (χ0n) is 41.7. The van der Waals surface area contributed by atoms with Crippen molar-refractivity contribution in [1.29, 1.82) is 0 Å². The predicted molar refractivity (Wildman–Crippen MR) is 284 cm³/mol. The van der Waals surface area contributed by atoms with Crippen LogP contribution in [0.2, 0.25) is 0 Å². The molecule has 0 atom stereocenters. The maximum absolute atomic E-state index is 10.6. The van der Waals surface area contributed by atoms with Gasteiger partial charge in [0.15, 0.2) is 0 Å². The van der Waals surface area contributed by atoms with E-state index in [0.29, 0.717) is 0 Å². The predicted octanol–water partition coefficient (Wildman–Crippen LogP) is 2.36. The first kappa shape index (κ1) is 65.0. The van der Waals surface area contributed by atoms with E-state index in [9.17, 15) is 19.8 Å². The molecule has 6 heterocycles. The van der Waals surface area contributed by atoms with Crippen LogP contribution in [0.3, 0.4) is 0 Å². The number of carbonyl (C=O) groups excluding carboxylic acids is 4. The van der Waals surface area contributed by atoms with Gasteiger partial charge < -0.3 is 61.5 Å². The van der Waals surface area contributed by atoms with E-state index < -0.39 is 23.9 Å². The number of aromatic carboxylic acids is 2. The third-order valence-corrected chi connectivity index (χ3v) is 10.6. The Morgan fingerprint density at radius 2 is 0.564 bits per heavy atom. The average Bonchev–Trinajstić information content (AvgIpc) is 3.40. The summed E-state index contributed by atoms with van der Waals surface area (Å²) in [6.45, 7) is 1.94. The summed E-state index contributed by atoms with van der Waals surface area (Å²) < 4.78 is 0. The Morgan fingerprint density at radius 3 is 0.769 bits per heavy atom. The summed E-state index contributed by atoms with van der Waals surface area (Å²) in [5, 5.41) is 42.9. The minimum absolute atomic E-state index is 0. The Balaban J connectivity index is 0.000000361. The fraction of sp³-hybridized carbons (Fsp3) is 0.0357. The van der Waals surface area contributed by atoms with Crippen LogP contribution in [-0.4, -0.2) is 74.7 Å². The van der Waals surface area contributed by atoms with Gasteiger partial charge in [-0.3, -0.25) is 19.9 Å². The normalized spacial score (nSPS) is 9.92. The van der Waals surface area contributed by atoms with E-state index in [1.54, 1.807) is 61.2 Å². The van der Waals surface area contributed by atoms with Crippen molar-refractivity contribution in [2.75, 3.05) is 0 Å². The minimum Gasteiger partial charge on any atom is -0.550 e. The van der Waals surface area contributed by atoms with Crippen LogP contribution in [0.15, 0.2) is 170 Å². The monoisotopic (exact) mass is 1150 g/mol. The van der Waals surface area contributed by atoms with Gasteiger partial charge in [0, 0.05) is 58.3 Å². The molecule has 12 aromatic rings. The van der Waals surface area contributed by atoms with Gasteiger partial charge in [-0.2, -0.15) is 0 Å². The topological polar surface area (TPSA) is 393 Å². The molecule has 20 nitrogen and oxygen atoms in total.